The zero-order valence-corrected chi connectivity index (χ0v) is 8.67. The van der Waals surface area contributed by atoms with Crippen LogP contribution < -0.4 is 0 Å². The van der Waals surface area contributed by atoms with Crippen LogP contribution in [0.4, 0.5) is 13.2 Å². The number of carbonyl (C=O) groups is 1. The van der Waals surface area contributed by atoms with Gasteiger partial charge in [0.2, 0.25) is 0 Å². The second-order valence-electron chi connectivity index (χ2n) is 2.20. The first-order chi connectivity index (χ1) is 5.99. The van der Waals surface area contributed by atoms with Crippen LogP contribution in [-0.2, 0) is 0 Å². The summed E-state index contributed by atoms with van der Waals surface area (Å²) in [6, 6.07) is 7.57. The van der Waals surface area contributed by atoms with Crippen molar-refractivity contribution in [1.82, 2.24) is 0 Å². The van der Waals surface area contributed by atoms with Crippen molar-refractivity contribution in [3.05, 3.63) is 35.9 Å². The van der Waals surface area contributed by atoms with Gasteiger partial charge in [0.15, 0.2) is 0 Å². The van der Waals surface area contributed by atoms with E-state index in [1.54, 1.807) is 18.2 Å². The molecule has 13 heavy (non-hydrogen) atoms. The first-order valence-electron chi connectivity index (χ1n) is 3.34. The second-order valence-corrected chi connectivity index (χ2v) is 5.16. The van der Waals surface area contributed by atoms with E-state index in [1.165, 1.54) is 12.1 Å². The molecule has 0 N–H and O–H groups in total. The molecule has 0 atom stereocenters. The fourth-order valence-electron chi connectivity index (χ4n) is 0.738. The van der Waals surface area contributed by atoms with Crippen molar-refractivity contribution in [1.29, 1.82) is 0 Å². The Kier molecular flexibility index (Phi) is 3.34. The number of alkyl halides is 3. The number of rotatable bonds is 2. The zero-order valence-electron chi connectivity index (χ0n) is 6.34. The SMILES string of the molecule is O=C([Te]C(F)(F)F)c1ccccc1. The normalized spacial score (nSPS) is 11.3. The van der Waals surface area contributed by atoms with Gasteiger partial charge in [0.25, 0.3) is 0 Å². The van der Waals surface area contributed by atoms with Crippen LogP contribution in [0, 0.1) is 0 Å². The van der Waals surface area contributed by atoms with Crippen molar-refractivity contribution in [2.75, 3.05) is 0 Å². The Morgan fingerprint density at radius 2 is 1.69 bits per heavy atom. The molecule has 0 fully saturated rings. The van der Waals surface area contributed by atoms with Gasteiger partial charge in [0.05, 0.1) is 0 Å². The summed E-state index contributed by atoms with van der Waals surface area (Å²) in [5.74, 6) is 0. The van der Waals surface area contributed by atoms with E-state index in [2.05, 4.69) is 0 Å². The molecule has 0 aromatic heterocycles. The van der Waals surface area contributed by atoms with E-state index in [0.717, 1.165) is 0 Å². The van der Waals surface area contributed by atoms with Gasteiger partial charge in [-0.25, -0.2) is 0 Å². The Bertz CT molecular complexity index is 294. The monoisotopic (exact) mass is 304 g/mol. The molecule has 0 spiro atoms. The van der Waals surface area contributed by atoms with Gasteiger partial charge in [-0.1, -0.05) is 0 Å². The third-order valence-corrected chi connectivity index (χ3v) is 3.08. The van der Waals surface area contributed by atoms with E-state index in [0.29, 0.717) is 0 Å². The van der Waals surface area contributed by atoms with Gasteiger partial charge in [0.1, 0.15) is 0 Å². The molecule has 1 aromatic rings. The van der Waals surface area contributed by atoms with Crippen LogP contribution in [0.25, 0.3) is 0 Å². The Hall–Kier alpha value is -0.530. The molecule has 5 heteroatoms. The van der Waals surface area contributed by atoms with Crippen LogP contribution in [0.3, 0.4) is 0 Å². The molecule has 0 heterocycles. The molecule has 70 valence electrons. The number of carbonyl (C=O) groups excluding carboxylic acids is 1. The van der Waals surface area contributed by atoms with E-state index < -0.39 is 29.0 Å². The summed E-state index contributed by atoms with van der Waals surface area (Å²) < 4.78 is 30.4. The maximum atomic E-state index is 11.8. The molecular formula is C8H5F3OTe. The molecule has 0 amide bonds. The van der Waals surface area contributed by atoms with Crippen molar-refractivity contribution < 1.29 is 18.0 Å². The number of hydrogen-bond acceptors (Lipinski definition) is 1. The van der Waals surface area contributed by atoms with Gasteiger partial charge in [-0.05, 0) is 0 Å². The predicted molar refractivity (Wildman–Crippen MR) is 42.6 cm³/mol. The summed E-state index contributed by atoms with van der Waals surface area (Å²) in [6.45, 7) is 0. The molecule has 0 aliphatic rings. The fraction of sp³-hybridized carbons (Fsp3) is 0.125. The summed E-state index contributed by atoms with van der Waals surface area (Å²) >= 11 is -2.58. The summed E-state index contributed by atoms with van der Waals surface area (Å²) in [5, 5.41) is 0. The van der Waals surface area contributed by atoms with Gasteiger partial charge >= 0.3 is 82.8 Å². The molecule has 0 aliphatic carbocycles. The van der Waals surface area contributed by atoms with E-state index in [1.807, 2.05) is 0 Å². The topological polar surface area (TPSA) is 17.1 Å². The molecule has 0 bridgehead atoms. The Balaban J connectivity index is 2.71. The maximum absolute atomic E-state index is 11.8. The van der Waals surface area contributed by atoms with Gasteiger partial charge < -0.3 is 0 Å². The van der Waals surface area contributed by atoms with Gasteiger partial charge in [0, 0.05) is 0 Å². The number of benzene rings is 1. The first kappa shape index (κ1) is 10.5. The summed E-state index contributed by atoms with van der Waals surface area (Å²) in [6.07, 6.45) is 0. The zero-order chi connectivity index (χ0) is 9.90. The molecular weight excluding hydrogens is 297 g/mol. The van der Waals surface area contributed by atoms with Crippen molar-refractivity contribution >= 4 is 24.8 Å². The number of hydrogen-bond donors (Lipinski definition) is 0. The Morgan fingerprint density at radius 3 is 2.15 bits per heavy atom. The van der Waals surface area contributed by atoms with Crippen molar-refractivity contribution in [2.45, 2.75) is 4.22 Å². The van der Waals surface area contributed by atoms with E-state index in [-0.39, 0.29) is 5.56 Å². The summed E-state index contributed by atoms with van der Waals surface area (Å²) in [4.78, 5) is 11.0. The van der Waals surface area contributed by atoms with Gasteiger partial charge in [-0.15, -0.1) is 0 Å². The molecule has 0 radical (unpaired) electrons. The predicted octanol–water partition coefficient (Wildman–Crippen LogP) is 2.05. The van der Waals surface area contributed by atoms with Crippen LogP contribution in [0.15, 0.2) is 30.3 Å². The second kappa shape index (κ2) is 4.12. The first-order valence-corrected chi connectivity index (χ1v) is 5.67. The molecule has 0 aliphatic heterocycles. The summed E-state index contributed by atoms with van der Waals surface area (Å²) in [7, 11) is 0. The van der Waals surface area contributed by atoms with Crippen LogP contribution in [0.5, 0.6) is 0 Å². The van der Waals surface area contributed by atoms with Crippen LogP contribution in [-0.4, -0.2) is 29.0 Å². The minimum atomic E-state index is -4.29. The quantitative estimate of drug-likeness (QED) is 0.764. The minimum absolute atomic E-state index is 0.155. The van der Waals surface area contributed by atoms with E-state index in [4.69, 9.17) is 0 Å². The molecule has 0 unspecified atom stereocenters. The molecule has 0 saturated carbocycles. The van der Waals surface area contributed by atoms with E-state index in [9.17, 15) is 18.0 Å². The molecule has 0 saturated heterocycles. The van der Waals surface area contributed by atoms with Crippen molar-refractivity contribution in [2.24, 2.45) is 0 Å². The average molecular weight is 302 g/mol. The van der Waals surface area contributed by atoms with Gasteiger partial charge in [-0.2, -0.15) is 0 Å². The third-order valence-electron chi connectivity index (χ3n) is 1.22. The molecule has 1 rings (SSSR count). The third kappa shape index (κ3) is 3.79. The van der Waals surface area contributed by atoms with Crippen LogP contribution in [0.1, 0.15) is 10.4 Å². The summed E-state index contributed by atoms with van der Waals surface area (Å²) in [5.41, 5.74) is 0.155. The van der Waals surface area contributed by atoms with Crippen molar-refractivity contribution in [3.63, 3.8) is 0 Å². The average Bonchev–Trinajstić information content (AvgIpc) is 2.03. The Labute approximate surface area is 83.0 Å². The molecule has 1 nitrogen and oxygen atoms in total. The molecule has 1 aromatic carbocycles. The fourth-order valence-corrected chi connectivity index (χ4v) is 2.06. The van der Waals surface area contributed by atoms with E-state index >= 15 is 0 Å². The van der Waals surface area contributed by atoms with Crippen molar-refractivity contribution in [3.8, 4) is 0 Å². The Morgan fingerprint density at radius 1 is 1.15 bits per heavy atom. The number of halogens is 3. The van der Waals surface area contributed by atoms with Crippen LogP contribution in [0.2, 0.25) is 0 Å². The van der Waals surface area contributed by atoms with Gasteiger partial charge in [-0.3, -0.25) is 0 Å². The van der Waals surface area contributed by atoms with Crippen LogP contribution >= 0.6 is 0 Å². The standard InChI is InChI=1S/C8H5F3OTe/c9-8(10,11)13-7(12)6-4-2-1-3-5-6/h1-5H.